The molecule has 0 saturated heterocycles. The van der Waals surface area contributed by atoms with Gasteiger partial charge in [0, 0.05) is 31.3 Å². The minimum absolute atomic E-state index is 0.0100. The Balaban J connectivity index is 1.92. The van der Waals surface area contributed by atoms with Crippen LogP contribution in [0.4, 0.5) is 5.69 Å². The molecule has 4 heteroatoms. The van der Waals surface area contributed by atoms with Crippen molar-refractivity contribution in [2.24, 2.45) is 0 Å². The second-order valence-electron chi connectivity index (χ2n) is 5.16. The average Bonchev–Trinajstić information content (AvgIpc) is 2.83. The van der Waals surface area contributed by atoms with Gasteiger partial charge in [-0.2, -0.15) is 0 Å². The number of benzene rings is 1. The van der Waals surface area contributed by atoms with Gasteiger partial charge >= 0.3 is 5.97 Å². The molecule has 1 aromatic rings. The Bertz CT molecular complexity index is 510. The first-order chi connectivity index (χ1) is 9.61. The maximum absolute atomic E-state index is 12.1. The standard InChI is InChI=1S/C16H21NO3/c1-3-10-20-16(19)7-6-15(18)13-4-5-14-12(11-13)8-9-17(14)2/h4-5,11H,3,6-10H2,1-2H3. The number of nitrogens with zero attached hydrogens (tertiary/aromatic N) is 1. The smallest absolute Gasteiger partial charge is 0.306 e. The number of likely N-dealkylation sites (N-methyl/N-ethyl adjacent to an activating group) is 1. The van der Waals surface area contributed by atoms with Crippen molar-refractivity contribution in [1.82, 2.24) is 0 Å². The number of hydrogen-bond donors (Lipinski definition) is 0. The highest BCUT2D eigenvalue weighted by Crippen LogP contribution is 2.27. The quantitative estimate of drug-likeness (QED) is 0.591. The lowest BCUT2D eigenvalue weighted by Crippen LogP contribution is -2.12. The minimum Gasteiger partial charge on any atom is -0.466 e. The lowest BCUT2D eigenvalue weighted by molar-refractivity contribution is -0.143. The molecule has 0 amide bonds. The molecule has 0 atom stereocenters. The van der Waals surface area contributed by atoms with Gasteiger partial charge in [0.2, 0.25) is 0 Å². The van der Waals surface area contributed by atoms with E-state index in [0.717, 1.165) is 19.4 Å². The zero-order valence-corrected chi connectivity index (χ0v) is 12.1. The summed E-state index contributed by atoms with van der Waals surface area (Å²) in [4.78, 5) is 25.7. The van der Waals surface area contributed by atoms with E-state index in [0.29, 0.717) is 12.2 Å². The molecule has 0 saturated carbocycles. The van der Waals surface area contributed by atoms with Gasteiger partial charge in [-0.1, -0.05) is 6.92 Å². The van der Waals surface area contributed by atoms with E-state index >= 15 is 0 Å². The van der Waals surface area contributed by atoms with Crippen molar-refractivity contribution >= 4 is 17.4 Å². The first-order valence-electron chi connectivity index (χ1n) is 7.14. The number of anilines is 1. The summed E-state index contributed by atoms with van der Waals surface area (Å²) in [7, 11) is 2.05. The van der Waals surface area contributed by atoms with Crippen molar-refractivity contribution in [3.05, 3.63) is 29.3 Å². The number of esters is 1. The van der Waals surface area contributed by atoms with Crippen molar-refractivity contribution in [1.29, 1.82) is 0 Å². The van der Waals surface area contributed by atoms with Crippen molar-refractivity contribution in [2.45, 2.75) is 32.6 Å². The molecule has 1 aliphatic heterocycles. The summed E-state index contributed by atoms with van der Waals surface area (Å²) < 4.78 is 4.97. The van der Waals surface area contributed by atoms with Crippen LogP contribution in [0.1, 0.15) is 42.1 Å². The molecule has 20 heavy (non-hydrogen) atoms. The highest BCUT2D eigenvalue weighted by atomic mass is 16.5. The monoisotopic (exact) mass is 275 g/mol. The second-order valence-corrected chi connectivity index (χ2v) is 5.16. The van der Waals surface area contributed by atoms with E-state index in [9.17, 15) is 9.59 Å². The number of carbonyl (C=O) groups excluding carboxylic acids is 2. The fourth-order valence-corrected chi connectivity index (χ4v) is 2.39. The summed E-state index contributed by atoms with van der Waals surface area (Å²) in [6.07, 6.45) is 2.16. The van der Waals surface area contributed by atoms with Crippen LogP contribution in [-0.4, -0.2) is 32.0 Å². The van der Waals surface area contributed by atoms with Gasteiger partial charge < -0.3 is 9.64 Å². The third-order valence-corrected chi connectivity index (χ3v) is 3.55. The Labute approximate surface area is 119 Å². The Hall–Kier alpha value is -1.84. The number of rotatable bonds is 6. The summed E-state index contributed by atoms with van der Waals surface area (Å²) in [6.45, 7) is 3.37. The Morgan fingerprint density at radius 3 is 2.85 bits per heavy atom. The van der Waals surface area contributed by atoms with E-state index in [-0.39, 0.29) is 24.6 Å². The van der Waals surface area contributed by atoms with Crippen molar-refractivity contribution in [3.8, 4) is 0 Å². The van der Waals surface area contributed by atoms with E-state index in [1.165, 1.54) is 11.3 Å². The fourth-order valence-electron chi connectivity index (χ4n) is 2.39. The van der Waals surface area contributed by atoms with E-state index < -0.39 is 0 Å². The minimum atomic E-state index is -0.291. The Kier molecular flexibility index (Phi) is 4.77. The molecule has 108 valence electrons. The van der Waals surface area contributed by atoms with Gasteiger partial charge in [-0.05, 0) is 36.6 Å². The average molecular weight is 275 g/mol. The number of hydrogen-bond acceptors (Lipinski definition) is 4. The fraction of sp³-hybridized carbons (Fsp3) is 0.500. The largest absolute Gasteiger partial charge is 0.466 e. The maximum Gasteiger partial charge on any atom is 0.306 e. The summed E-state index contributed by atoms with van der Waals surface area (Å²) >= 11 is 0. The number of ketones is 1. The zero-order chi connectivity index (χ0) is 14.5. The normalized spacial score (nSPS) is 13.2. The number of carbonyl (C=O) groups is 2. The van der Waals surface area contributed by atoms with Gasteiger partial charge in [-0.3, -0.25) is 9.59 Å². The zero-order valence-electron chi connectivity index (χ0n) is 12.1. The van der Waals surface area contributed by atoms with Gasteiger partial charge in [-0.25, -0.2) is 0 Å². The van der Waals surface area contributed by atoms with Crippen LogP contribution in [0, 0.1) is 0 Å². The predicted octanol–water partition coefficient (Wildman–Crippen LogP) is 2.60. The molecular weight excluding hydrogens is 254 g/mol. The first-order valence-corrected chi connectivity index (χ1v) is 7.14. The maximum atomic E-state index is 12.1. The highest BCUT2D eigenvalue weighted by molar-refractivity contribution is 5.98. The van der Waals surface area contributed by atoms with Crippen molar-refractivity contribution in [3.63, 3.8) is 0 Å². The SMILES string of the molecule is CCCOC(=O)CCC(=O)c1ccc2c(c1)CCN2C. The number of fused-ring (bicyclic) bond motifs is 1. The van der Waals surface area contributed by atoms with E-state index in [4.69, 9.17) is 4.74 Å². The van der Waals surface area contributed by atoms with Crippen LogP contribution >= 0.6 is 0 Å². The molecule has 1 aliphatic rings. The molecule has 0 radical (unpaired) electrons. The third kappa shape index (κ3) is 3.38. The first kappa shape index (κ1) is 14.6. The molecule has 1 aromatic carbocycles. The van der Waals surface area contributed by atoms with Crippen LogP contribution in [0.15, 0.2) is 18.2 Å². The van der Waals surface area contributed by atoms with Crippen LogP contribution < -0.4 is 4.90 Å². The molecule has 1 heterocycles. The molecule has 0 aliphatic carbocycles. The number of ether oxygens (including phenoxy) is 1. The number of Topliss-reactive ketones (excluding diaryl/α,β-unsaturated/α-hetero) is 1. The molecule has 2 rings (SSSR count). The summed E-state index contributed by atoms with van der Waals surface area (Å²) in [5, 5.41) is 0. The van der Waals surface area contributed by atoms with Crippen molar-refractivity contribution in [2.75, 3.05) is 25.1 Å². The van der Waals surface area contributed by atoms with Gasteiger partial charge in [0.15, 0.2) is 5.78 Å². The van der Waals surface area contributed by atoms with E-state index in [1.54, 1.807) is 0 Å². The van der Waals surface area contributed by atoms with Crippen LogP contribution in [0.2, 0.25) is 0 Å². The molecule has 0 N–H and O–H groups in total. The highest BCUT2D eigenvalue weighted by Gasteiger charge is 2.18. The predicted molar refractivity (Wildman–Crippen MR) is 78.2 cm³/mol. The van der Waals surface area contributed by atoms with Crippen molar-refractivity contribution < 1.29 is 14.3 Å². The molecule has 0 unspecified atom stereocenters. The molecule has 0 bridgehead atoms. The van der Waals surface area contributed by atoms with Crippen LogP contribution in [0.3, 0.4) is 0 Å². The van der Waals surface area contributed by atoms with Crippen LogP contribution in [0.25, 0.3) is 0 Å². The van der Waals surface area contributed by atoms with E-state index in [1.807, 2.05) is 25.1 Å². The lowest BCUT2D eigenvalue weighted by atomic mass is 10.0. The Morgan fingerprint density at radius 2 is 2.10 bits per heavy atom. The van der Waals surface area contributed by atoms with Gasteiger partial charge in [-0.15, -0.1) is 0 Å². The molecular formula is C16H21NO3. The summed E-state index contributed by atoms with van der Waals surface area (Å²) in [5.74, 6) is -0.281. The Morgan fingerprint density at radius 1 is 1.30 bits per heavy atom. The van der Waals surface area contributed by atoms with Crippen LogP contribution in [0.5, 0.6) is 0 Å². The van der Waals surface area contributed by atoms with Crippen LogP contribution in [-0.2, 0) is 16.0 Å². The lowest BCUT2D eigenvalue weighted by Gasteiger charge is -2.11. The van der Waals surface area contributed by atoms with Gasteiger partial charge in [0.05, 0.1) is 13.0 Å². The van der Waals surface area contributed by atoms with Gasteiger partial charge in [0.1, 0.15) is 0 Å². The third-order valence-electron chi connectivity index (χ3n) is 3.55. The topological polar surface area (TPSA) is 46.6 Å². The van der Waals surface area contributed by atoms with E-state index in [2.05, 4.69) is 11.9 Å². The second kappa shape index (κ2) is 6.55. The molecule has 0 fully saturated rings. The molecule has 0 aromatic heterocycles. The summed E-state index contributed by atoms with van der Waals surface area (Å²) in [5.41, 5.74) is 3.11. The summed E-state index contributed by atoms with van der Waals surface area (Å²) in [6, 6.07) is 5.80. The molecule has 0 spiro atoms. The molecule has 4 nitrogen and oxygen atoms in total. The van der Waals surface area contributed by atoms with Gasteiger partial charge in [0.25, 0.3) is 0 Å².